The molecular weight excluding hydrogens is 450 g/mol. The molecular formula is C22H18ClN5O3S. The molecule has 2 N–H and O–H groups in total. The number of nitrogens with one attached hydrogen (secondary N) is 2. The fourth-order valence-corrected chi connectivity index (χ4v) is 4.26. The fourth-order valence-electron chi connectivity index (χ4n) is 2.90. The van der Waals surface area contributed by atoms with Crippen LogP contribution in [0.3, 0.4) is 0 Å². The molecule has 0 aliphatic heterocycles. The number of sulfonamides is 1. The van der Waals surface area contributed by atoms with Crippen molar-refractivity contribution in [3.63, 3.8) is 0 Å². The zero-order valence-electron chi connectivity index (χ0n) is 16.6. The van der Waals surface area contributed by atoms with Crippen molar-refractivity contribution in [2.75, 3.05) is 4.72 Å². The molecule has 8 nitrogen and oxygen atoms in total. The van der Waals surface area contributed by atoms with E-state index in [2.05, 4.69) is 20.1 Å². The Kier molecular flexibility index (Phi) is 6.20. The third kappa shape index (κ3) is 4.96. The van der Waals surface area contributed by atoms with Crippen molar-refractivity contribution in [3.05, 3.63) is 101 Å². The van der Waals surface area contributed by atoms with E-state index < -0.39 is 15.9 Å². The maximum absolute atomic E-state index is 12.7. The molecule has 0 bridgehead atoms. The van der Waals surface area contributed by atoms with Gasteiger partial charge in [0.05, 0.1) is 15.6 Å². The number of hydrogen-bond donors (Lipinski definition) is 2. The lowest BCUT2D eigenvalue weighted by molar-refractivity contribution is 0.0950. The summed E-state index contributed by atoms with van der Waals surface area (Å²) in [7, 11) is -3.92. The molecule has 0 fully saturated rings. The normalized spacial score (nSPS) is 11.2. The number of halogens is 1. The van der Waals surface area contributed by atoms with Crippen molar-refractivity contribution in [2.24, 2.45) is 0 Å². The number of anilines is 1. The Morgan fingerprint density at radius 2 is 1.88 bits per heavy atom. The summed E-state index contributed by atoms with van der Waals surface area (Å²) < 4.78 is 29.5. The standard InChI is InChI=1S/C22H18ClN5O3S/c23-19-7-1-2-8-20(19)27-32(30,31)18-6-3-5-17(13-18)22(29)25-15-16-9-10-21(24-14-16)28-12-4-11-26-28/h1-14,27H,15H2,(H,25,29). The predicted octanol–water partition coefficient (Wildman–Crippen LogP) is 3.65. The minimum atomic E-state index is -3.92. The number of amides is 1. The van der Waals surface area contributed by atoms with E-state index in [1.165, 1.54) is 18.2 Å². The summed E-state index contributed by atoms with van der Waals surface area (Å²) in [4.78, 5) is 16.9. The fraction of sp³-hybridized carbons (Fsp3) is 0.0455. The number of benzene rings is 2. The van der Waals surface area contributed by atoms with Gasteiger partial charge in [-0.05, 0) is 48.0 Å². The number of hydrogen-bond acceptors (Lipinski definition) is 5. The first-order chi connectivity index (χ1) is 15.4. The van der Waals surface area contributed by atoms with Gasteiger partial charge in [-0.15, -0.1) is 0 Å². The van der Waals surface area contributed by atoms with Gasteiger partial charge in [-0.25, -0.2) is 18.1 Å². The molecule has 0 saturated heterocycles. The third-order valence-electron chi connectivity index (χ3n) is 4.53. The van der Waals surface area contributed by atoms with Gasteiger partial charge in [0, 0.05) is 30.7 Å². The van der Waals surface area contributed by atoms with Crippen LogP contribution in [0.15, 0.2) is 90.2 Å². The Balaban J connectivity index is 1.43. The highest BCUT2D eigenvalue weighted by Crippen LogP contribution is 2.24. The average Bonchev–Trinajstić information content (AvgIpc) is 3.34. The van der Waals surface area contributed by atoms with E-state index in [-0.39, 0.29) is 27.7 Å². The molecule has 4 rings (SSSR count). The summed E-state index contributed by atoms with van der Waals surface area (Å²) in [6.07, 6.45) is 5.09. The van der Waals surface area contributed by atoms with E-state index >= 15 is 0 Å². The lowest BCUT2D eigenvalue weighted by Crippen LogP contribution is -2.23. The predicted molar refractivity (Wildman–Crippen MR) is 121 cm³/mol. The van der Waals surface area contributed by atoms with Gasteiger partial charge in [0.1, 0.15) is 0 Å². The molecule has 0 spiro atoms. The zero-order chi connectivity index (χ0) is 22.6. The minimum absolute atomic E-state index is 0.0460. The van der Waals surface area contributed by atoms with Gasteiger partial charge < -0.3 is 5.32 Å². The quantitative estimate of drug-likeness (QED) is 0.431. The van der Waals surface area contributed by atoms with Crippen molar-refractivity contribution in [3.8, 4) is 5.82 Å². The molecule has 0 saturated carbocycles. The summed E-state index contributed by atoms with van der Waals surface area (Å²) in [5, 5.41) is 7.16. The zero-order valence-corrected chi connectivity index (χ0v) is 18.2. The van der Waals surface area contributed by atoms with E-state index in [0.29, 0.717) is 5.82 Å². The molecule has 0 aliphatic carbocycles. The Bertz CT molecular complexity index is 1340. The van der Waals surface area contributed by atoms with Crippen LogP contribution in [-0.2, 0) is 16.6 Å². The number of para-hydroxylation sites is 1. The molecule has 10 heteroatoms. The summed E-state index contributed by atoms with van der Waals surface area (Å²) in [6.45, 7) is 0.236. The van der Waals surface area contributed by atoms with Crippen LogP contribution in [-0.4, -0.2) is 29.1 Å². The minimum Gasteiger partial charge on any atom is -0.348 e. The smallest absolute Gasteiger partial charge is 0.261 e. The van der Waals surface area contributed by atoms with Crippen LogP contribution in [0, 0.1) is 0 Å². The topological polar surface area (TPSA) is 106 Å². The van der Waals surface area contributed by atoms with Crippen molar-refractivity contribution < 1.29 is 13.2 Å². The number of rotatable bonds is 7. The Morgan fingerprint density at radius 1 is 1.03 bits per heavy atom. The van der Waals surface area contributed by atoms with E-state index in [4.69, 9.17) is 11.6 Å². The van der Waals surface area contributed by atoms with Gasteiger partial charge in [0.25, 0.3) is 15.9 Å². The molecule has 4 aromatic rings. The Labute approximate surface area is 189 Å². The molecule has 2 heterocycles. The Hall–Kier alpha value is -3.69. The van der Waals surface area contributed by atoms with Crippen molar-refractivity contribution in [2.45, 2.75) is 11.4 Å². The maximum atomic E-state index is 12.7. The van der Waals surface area contributed by atoms with Crippen molar-refractivity contribution >= 4 is 33.2 Å². The first-order valence-corrected chi connectivity index (χ1v) is 11.4. The largest absolute Gasteiger partial charge is 0.348 e. The number of aromatic nitrogens is 3. The van der Waals surface area contributed by atoms with Gasteiger partial charge in [-0.1, -0.05) is 35.9 Å². The first-order valence-electron chi connectivity index (χ1n) is 9.53. The van der Waals surface area contributed by atoms with Gasteiger partial charge >= 0.3 is 0 Å². The highest BCUT2D eigenvalue weighted by atomic mass is 35.5. The lowest BCUT2D eigenvalue weighted by Gasteiger charge is -2.11. The van der Waals surface area contributed by atoms with Crippen molar-refractivity contribution in [1.82, 2.24) is 20.1 Å². The average molecular weight is 468 g/mol. The van der Waals surface area contributed by atoms with Crippen LogP contribution in [0.2, 0.25) is 5.02 Å². The number of nitrogens with zero attached hydrogens (tertiary/aromatic N) is 3. The van der Waals surface area contributed by atoms with Crippen LogP contribution in [0.1, 0.15) is 15.9 Å². The van der Waals surface area contributed by atoms with E-state index in [1.54, 1.807) is 65.7 Å². The SMILES string of the molecule is O=C(NCc1ccc(-n2cccn2)nc1)c1cccc(S(=O)(=O)Nc2ccccc2Cl)c1. The molecule has 0 atom stereocenters. The van der Waals surface area contributed by atoms with Crippen molar-refractivity contribution in [1.29, 1.82) is 0 Å². The van der Waals surface area contributed by atoms with Gasteiger partial charge in [-0.2, -0.15) is 5.10 Å². The lowest BCUT2D eigenvalue weighted by atomic mass is 10.2. The monoisotopic (exact) mass is 467 g/mol. The summed E-state index contributed by atoms with van der Waals surface area (Å²) in [5.41, 5.74) is 1.27. The summed E-state index contributed by atoms with van der Waals surface area (Å²) in [6, 6.07) is 17.7. The number of carbonyl (C=O) groups is 1. The number of pyridine rings is 1. The summed E-state index contributed by atoms with van der Waals surface area (Å²) >= 11 is 6.04. The van der Waals surface area contributed by atoms with E-state index in [0.717, 1.165) is 5.56 Å². The second-order valence-electron chi connectivity index (χ2n) is 6.77. The highest BCUT2D eigenvalue weighted by Gasteiger charge is 2.17. The molecule has 1 amide bonds. The highest BCUT2D eigenvalue weighted by molar-refractivity contribution is 7.92. The molecule has 0 aliphatic rings. The van der Waals surface area contributed by atoms with E-state index in [9.17, 15) is 13.2 Å². The van der Waals surface area contributed by atoms with Crippen LogP contribution in [0.25, 0.3) is 5.82 Å². The van der Waals surface area contributed by atoms with Gasteiger partial charge in [0.15, 0.2) is 5.82 Å². The van der Waals surface area contributed by atoms with Gasteiger partial charge in [-0.3, -0.25) is 9.52 Å². The second-order valence-corrected chi connectivity index (χ2v) is 8.86. The molecule has 0 unspecified atom stereocenters. The summed E-state index contributed by atoms with van der Waals surface area (Å²) in [5.74, 6) is 0.255. The van der Waals surface area contributed by atoms with Gasteiger partial charge in [0.2, 0.25) is 0 Å². The van der Waals surface area contributed by atoms with Crippen LogP contribution < -0.4 is 10.0 Å². The first kappa shape index (κ1) is 21.5. The maximum Gasteiger partial charge on any atom is 0.261 e. The molecule has 2 aromatic heterocycles. The third-order valence-corrected chi connectivity index (χ3v) is 6.22. The molecule has 32 heavy (non-hydrogen) atoms. The molecule has 0 radical (unpaired) electrons. The molecule has 162 valence electrons. The van der Waals surface area contributed by atoms with Crippen LogP contribution in [0.5, 0.6) is 0 Å². The number of carbonyl (C=O) groups excluding carboxylic acids is 1. The second kappa shape index (κ2) is 9.21. The van der Waals surface area contributed by atoms with E-state index in [1.807, 2.05) is 6.07 Å². The van der Waals surface area contributed by atoms with Crippen LogP contribution in [0.4, 0.5) is 5.69 Å². The van der Waals surface area contributed by atoms with Crippen LogP contribution >= 0.6 is 11.6 Å². The Morgan fingerprint density at radius 3 is 2.59 bits per heavy atom. The molecule has 2 aromatic carbocycles.